The van der Waals surface area contributed by atoms with Gasteiger partial charge in [0.15, 0.2) is 0 Å². The van der Waals surface area contributed by atoms with Crippen LogP contribution in [0.1, 0.15) is 18.4 Å². The Morgan fingerprint density at radius 1 is 1.37 bits per heavy atom. The van der Waals surface area contributed by atoms with E-state index in [0.717, 1.165) is 12.8 Å². The average Bonchev–Trinajstić information content (AvgIpc) is 2.41. The van der Waals surface area contributed by atoms with Crippen LogP contribution in [-0.2, 0) is 22.0 Å². The average molecular weight is 282 g/mol. The number of carbonyl (C=O) groups excluding carboxylic acids is 1. The van der Waals surface area contributed by atoms with E-state index >= 15 is 0 Å². The molecule has 0 aromatic heterocycles. The van der Waals surface area contributed by atoms with Crippen LogP contribution in [0.2, 0.25) is 0 Å². The molecule has 1 amide bonds. The normalized spacial score (nSPS) is 13.8. The first-order valence-corrected chi connectivity index (χ1v) is 8.19. The van der Waals surface area contributed by atoms with Crippen molar-refractivity contribution in [1.82, 2.24) is 5.32 Å². The third kappa shape index (κ3) is 7.08. The second-order valence-electron chi connectivity index (χ2n) is 4.55. The molecule has 4 nitrogen and oxygen atoms in total. The highest BCUT2D eigenvalue weighted by atomic mass is 32.2. The lowest BCUT2D eigenvalue weighted by atomic mass is 10.1. The Labute approximate surface area is 117 Å². The van der Waals surface area contributed by atoms with Gasteiger partial charge in [0.25, 0.3) is 0 Å². The molecule has 0 aliphatic heterocycles. The number of benzene rings is 1. The van der Waals surface area contributed by atoms with Crippen LogP contribution in [0.5, 0.6) is 0 Å². The zero-order chi connectivity index (χ0) is 14.1. The minimum Gasteiger partial charge on any atom is -0.355 e. The van der Waals surface area contributed by atoms with Crippen LogP contribution in [0.15, 0.2) is 30.3 Å². The fraction of sp³-hybridized carbons (Fsp3) is 0.500. The van der Waals surface area contributed by atoms with E-state index in [1.165, 1.54) is 5.56 Å². The standard InChI is InChI=1S/C14H22N2O2S/c1-19(18)11-5-10-16-14(17)13(15)9-8-12-6-3-2-4-7-12/h2-4,6-7,13H,5,8-11,15H2,1H3,(H,16,17)/t13-,19?/m0/s1. The van der Waals surface area contributed by atoms with E-state index in [-0.39, 0.29) is 5.91 Å². The Balaban J connectivity index is 2.20. The first-order valence-electron chi connectivity index (χ1n) is 6.47. The van der Waals surface area contributed by atoms with Crippen molar-refractivity contribution in [3.05, 3.63) is 35.9 Å². The monoisotopic (exact) mass is 282 g/mol. The van der Waals surface area contributed by atoms with Crippen molar-refractivity contribution in [2.75, 3.05) is 18.6 Å². The van der Waals surface area contributed by atoms with E-state index in [1.807, 2.05) is 30.3 Å². The maximum Gasteiger partial charge on any atom is 0.236 e. The second kappa shape index (κ2) is 8.82. The molecule has 0 aliphatic rings. The van der Waals surface area contributed by atoms with Gasteiger partial charge in [0.2, 0.25) is 5.91 Å². The molecule has 1 rings (SSSR count). The highest BCUT2D eigenvalue weighted by molar-refractivity contribution is 7.84. The van der Waals surface area contributed by atoms with Crippen LogP contribution in [0.25, 0.3) is 0 Å². The Bertz CT molecular complexity index is 409. The summed E-state index contributed by atoms with van der Waals surface area (Å²) in [6.07, 6.45) is 3.82. The summed E-state index contributed by atoms with van der Waals surface area (Å²) >= 11 is 0. The smallest absolute Gasteiger partial charge is 0.236 e. The van der Waals surface area contributed by atoms with Gasteiger partial charge in [-0.25, -0.2) is 0 Å². The molecular weight excluding hydrogens is 260 g/mol. The molecule has 1 aromatic carbocycles. The Hall–Kier alpha value is -1.20. The lowest BCUT2D eigenvalue weighted by Gasteiger charge is -2.12. The number of nitrogens with two attached hydrogens (primary N) is 1. The van der Waals surface area contributed by atoms with Crippen molar-refractivity contribution in [3.63, 3.8) is 0 Å². The van der Waals surface area contributed by atoms with Crippen LogP contribution < -0.4 is 11.1 Å². The Morgan fingerprint density at radius 3 is 2.68 bits per heavy atom. The van der Waals surface area contributed by atoms with E-state index in [9.17, 15) is 9.00 Å². The molecule has 0 spiro atoms. The minimum absolute atomic E-state index is 0.127. The van der Waals surface area contributed by atoms with Gasteiger partial charge < -0.3 is 11.1 Å². The van der Waals surface area contributed by atoms with E-state index < -0.39 is 16.8 Å². The summed E-state index contributed by atoms with van der Waals surface area (Å²) in [6.45, 7) is 0.539. The number of amides is 1. The van der Waals surface area contributed by atoms with Gasteiger partial charge in [0.1, 0.15) is 0 Å². The van der Waals surface area contributed by atoms with E-state index in [2.05, 4.69) is 5.32 Å². The lowest BCUT2D eigenvalue weighted by Crippen LogP contribution is -2.41. The zero-order valence-electron chi connectivity index (χ0n) is 11.3. The summed E-state index contributed by atoms with van der Waals surface area (Å²) in [4.78, 5) is 11.7. The topological polar surface area (TPSA) is 72.2 Å². The first-order chi connectivity index (χ1) is 9.09. The maximum absolute atomic E-state index is 11.7. The van der Waals surface area contributed by atoms with Crippen molar-refractivity contribution in [3.8, 4) is 0 Å². The van der Waals surface area contributed by atoms with Gasteiger partial charge >= 0.3 is 0 Å². The van der Waals surface area contributed by atoms with Gasteiger partial charge in [-0.3, -0.25) is 9.00 Å². The molecule has 5 heteroatoms. The molecule has 106 valence electrons. The van der Waals surface area contributed by atoms with Gasteiger partial charge in [-0.15, -0.1) is 0 Å². The third-order valence-electron chi connectivity index (χ3n) is 2.83. The number of hydrogen-bond donors (Lipinski definition) is 2. The van der Waals surface area contributed by atoms with Crippen molar-refractivity contribution >= 4 is 16.7 Å². The SMILES string of the molecule is CS(=O)CCCNC(=O)[C@@H](N)CCc1ccccc1. The molecule has 2 atom stereocenters. The first kappa shape index (κ1) is 15.9. The quantitative estimate of drug-likeness (QED) is 0.694. The fourth-order valence-electron chi connectivity index (χ4n) is 1.72. The summed E-state index contributed by atoms with van der Waals surface area (Å²) in [5.74, 6) is 0.484. The summed E-state index contributed by atoms with van der Waals surface area (Å²) < 4.78 is 10.9. The van der Waals surface area contributed by atoms with E-state index in [4.69, 9.17) is 5.73 Å². The molecule has 3 N–H and O–H groups in total. The molecule has 0 saturated heterocycles. The summed E-state index contributed by atoms with van der Waals surface area (Å²) in [5.41, 5.74) is 7.02. The summed E-state index contributed by atoms with van der Waals surface area (Å²) in [6, 6.07) is 9.50. The molecule has 1 unspecified atom stereocenters. The molecule has 0 bridgehead atoms. The molecule has 0 fully saturated rings. The molecule has 0 radical (unpaired) electrons. The van der Waals surface area contributed by atoms with E-state index in [1.54, 1.807) is 6.26 Å². The van der Waals surface area contributed by atoms with Gasteiger partial charge in [-0.1, -0.05) is 30.3 Å². The molecule has 1 aromatic rings. The minimum atomic E-state index is -0.802. The summed E-state index contributed by atoms with van der Waals surface area (Å²) in [7, 11) is -0.802. The van der Waals surface area contributed by atoms with Gasteiger partial charge in [-0.2, -0.15) is 0 Å². The number of carbonyl (C=O) groups is 1. The van der Waals surface area contributed by atoms with Gasteiger partial charge in [0, 0.05) is 29.4 Å². The van der Waals surface area contributed by atoms with Crippen LogP contribution in [0, 0.1) is 0 Å². The molecular formula is C14H22N2O2S. The third-order valence-corrected chi connectivity index (χ3v) is 3.70. The van der Waals surface area contributed by atoms with Gasteiger partial charge in [-0.05, 0) is 24.8 Å². The highest BCUT2D eigenvalue weighted by Crippen LogP contribution is 2.04. The van der Waals surface area contributed by atoms with Crippen molar-refractivity contribution < 1.29 is 9.00 Å². The predicted octanol–water partition coefficient (Wildman–Crippen LogP) is 0.831. The van der Waals surface area contributed by atoms with Crippen molar-refractivity contribution in [2.45, 2.75) is 25.3 Å². The maximum atomic E-state index is 11.7. The van der Waals surface area contributed by atoms with Crippen LogP contribution in [-0.4, -0.2) is 34.7 Å². The fourth-order valence-corrected chi connectivity index (χ4v) is 2.27. The number of aryl methyl sites for hydroxylation is 1. The molecule has 19 heavy (non-hydrogen) atoms. The Morgan fingerprint density at radius 2 is 2.05 bits per heavy atom. The number of hydrogen-bond acceptors (Lipinski definition) is 3. The lowest BCUT2D eigenvalue weighted by molar-refractivity contribution is -0.122. The zero-order valence-corrected chi connectivity index (χ0v) is 12.1. The van der Waals surface area contributed by atoms with Crippen LogP contribution >= 0.6 is 0 Å². The van der Waals surface area contributed by atoms with Crippen molar-refractivity contribution in [1.29, 1.82) is 0 Å². The highest BCUT2D eigenvalue weighted by Gasteiger charge is 2.12. The van der Waals surface area contributed by atoms with Gasteiger partial charge in [0.05, 0.1) is 6.04 Å². The molecule has 0 aliphatic carbocycles. The van der Waals surface area contributed by atoms with Crippen molar-refractivity contribution in [2.24, 2.45) is 5.73 Å². The van der Waals surface area contributed by atoms with Crippen LogP contribution in [0.3, 0.4) is 0 Å². The van der Waals surface area contributed by atoms with Crippen LogP contribution in [0.4, 0.5) is 0 Å². The Kier molecular flexibility index (Phi) is 7.36. The molecule has 0 saturated carbocycles. The largest absolute Gasteiger partial charge is 0.355 e. The molecule has 0 heterocycles. The summed E-state index contributed by atoms with van der Waals surface area (Å²) in [5, 5.41) is 2.78. The second-order valence-corrected chi connectivity index (χ2v) is 6.11. The predicted molar refractivity (Wildman–Crippen MR) is 79.3 cm³/mol. The van der Waals surface area contributed by atoms with E-state index in [0.29, 0.717) is 18.7 Å². The number of nitrogens with one attached hydrogen (secondary N) is 1. The number of rotatable bonds is 8.